The van der Waals surface area contributed by atoms with E-state index in [0.29, 0.717) is 22.0 Å². The molecule has 0 saturated carbocycles. The van der Waals surface area contributed by atoms with E-state index in [4.69, 9.17) is 0 Å². The van der Waals surface area contributed by atoms with Gasteiger partial charge >= 0.3 is 0 Å². The van der Waals surface area contributed by atoms with Gasteiger partial charge in [-0.3, -0.25) is 4.79 Å². The number of benzene rings is 2. The normalized spacial score (nSPS) is 11.0. The van der Waals surface area contributed by atoms with Gasteiger partial charge in [0.05, 0.1) is 28.9 Å². The van der Waals surface area contributed by atoms with E-state index in [1.165, 1.54) is 16.8 Å². The molecule has 130 valence electrons. The summed E-state index contributed by atoms with van der Waals surface area (Å²) in [5.74, 6) is -0.537. The Morgan fingerprint density at radius 1 is 1.23 bits per heavy atom. The summed E-state index contributed by atoms with van der Waals surface area (Å²) >= 11 is 2.24. The lowest BCUT2D eigenvalue weighted by Crippen LogP contribution is -2.15. The summed E-state index contributed by atoms with van der Waals surface area (Å²) in [7, 11) is 0. The van der Waals surface area contributed by atoms with Gasteiger partial charge in [0.2, 0.25) is 11.1 Å². The van der Waals surface area contributed by atoms with Crippen molar-refractivity contribution in [3.05, 3.63) is 48.3 Å². The molecule has 4 aromatic rings. The number of hydrogen-bond donors (Lipinski definition) is 1. The van der Waals surface area contributed by atoms with Crippen LogP contribution in [0.4, 0.5) is 10.1 Å². The van der Waals surface area contributed by atoms with Gasteiger partial charge < -0.3 is 5.32 Å². The monoisotopic (exact) mass is 387 g/mol. The third-order valence-electron chi connectivity index (χ3n) is 3.39. The molecule has 1 amide bonds. The Labute approximate surface area is 154 Å². The topological polar surface area (TPSA) is 98.5 Å². The van der Waals surface area contributed by atoms with Crippen LogP contribution in [0.25, 0.3) is 16.7 Å². The molecule has 11 heteroatoms. The molecule has 0 atom stereocenters. The first-order valence-corrected chi connectivity index (χ1v) is 9.10. The Bertz CT molecular complexity index is 1080. The summed E-state index contributed by atoms with van der Waals surface area (Å²) in [6, 6.07) is 11.3. The number of carbonyl (C=O) groups excluding carboxylic acids is 1. The average Bonchev–Trinajstić information content (AvgIpc) is 3.29. The highest BCUT2D eigenvalue weighted by Crippen LogP contribution is 2.22. The smallest absolute Gasteiger partial charge is 0.234 e. The van der Waals surface area contributed by atoms with Crippen LogP contribution in [0, 0.1) is 5.82 Å². The number of nitrogens with one attached hydrogen (secondary N) is 1. The SMILES string of the molecule is O=C(CSc1nnnn1-c1cccc(F)c1)Nc1cccc2nsnc12. The molecule has 0 spiro atoms. The molecule has 1 N–H and O–H groups in total. The largest absolute Gasteiger partial charge is 0.323 e. The molecule has 0 unspecified atom stereocenters. The number of fused-ring (bicyclic) bond motifs is 1. The molecule has 0 saturated heterocycles. The molecule has 0 bridgehead atoms. The maximum atomic E-state index is 13.4. The summed E-state index contributed by atoms with van der Waals surface area (Å²) in [5, 5.41) is 14.5. The number of aromatic nitrogens is 6. The number of thioether (sulfide) groups is 1. The maximum Gasteiger partial charge on any atom is 0.234 e. The Hall–Kier alpha value is -2.92. The van der Waals surface area contributed by atoms with Crippen molar-refractivity contribution in [2.45, 2.75) is 5.16 Å². The molecule has 0 aliphatic rings. The van der Waals surface area contributed by atoms with E-state index < -0.39 is 5.82 Å². The van der Waals surface area contributed by atoms with Gasteiger partial charge in [0.25, 0.3) is 0 Å². The first-order valence-electron chi connectivity index (χ1n) is 7.39. The standard InChI is InChI=1S/C15H10FN7OS2/c16-9-3-1-4-10(7-9)23-15(18-21-22-23)25-8-13(24)17-11-5-2-6-12-14(11)20-26-19-12/h1-7H,8H2,(H,17,24). The summed E-state index contributed by atoms with van der Waals surface area (Å²) < 4.78 is 23.1. The lowest BCUT2D eigenvalue weighted by molar-refractivity contribution is -0.113. The molecule has 0 aliphatic heterocycles. The Balaban J connectivity index is 1.46. The summed E-state index contributed by atoms with van der Waals surface area (Å²) in [6.45, 7) is 0. The van der Waals surface area contributed by atoms with E-state index in [9.17, 15) is 9.18 Å². The van der Waals surface area contributed by atoms with Crippen LogP contribution in [0.2, 0.25) is 0 Å². The van der Waals surface area contributed by atoms with Crippen molar-refractivity contribution in [1.82, 2.24) is 29.0 Å². The number of tetrazole rings is 1. The van der Waals surface area contributed by atoms with Crippen LogP contribution in [-0.2, 0) is 4.79 Å². The quantitative estimate of drug-likeness (QED) is 0.525. The van der Waals surface area contributed by atoms with Gasteiger partial charge in [0, 0.05) is 0 Å². The van der Waals surface area contributed by atoms with E-state index in [0.717, 1.165) is 29.0 Å². The zero-order valence-electron chi connectivity index (χ0n) is 13.0. The van der Waals surface area contributed by atoms with Crippen LogP contribution in [0.3, 0.4) is 0 Å². The molecule has 0 fully saturated rings. The highest BCUT2D eigenvalue weighted by molar-refractivity contribution is 7.99. The third kappa shape index (κ3) is 3.39. The van der Waals surface area contributed by atoms with Crippen molar-refractivity contribution in [1.29, 1.82) is 0 Å². The van der Waals surface area contributed by atoms with E-state index in [-0.39, 0.29) is 11.7 Å². The van der Waals surface area contributed by atoms with E-state index in [1.807, 2.05) is 6.07 Å². The van der Waals surface area contributed by atoms with Crippen LogP contribution in [-0.4, -0.2) is 40.6 Å². The molecular formula is C15H10FN7OS2. The van der Waals surface area contributed by atoms with Crippen LogP contribution >= 0.6 is 23.5 Å². The minimum Gasteiger partial charge on any atom is -0.323 e. The van der Waals surface area contributed by atoms with Crippen molar-refractivity contribution < 1.29 is 9.18 Å². The highest BCUT2D eigenvalue weighted by Gasteiger charge is 2.13. The van der Waals surface area contributed by atoms with Gasteiger partial charge in [0.1, 0.15) is 16.9 Å². The van der Waals surface area contributed by atoms with Gasteiger partial charge in [0.15, 0.2) is 0 Å². The predicted molar refractivity (Wildman–Crippen MR) is 95.9 cm³/mol. The number of rotatable bonds is 5. The Morgan fingerprint density at radius 3 is 3.00 bits per heavy atom. The van der Waals surface area contributed by atoms with Crippen LogP contribution in [0.1, 0.15) is 0 Å². The average molecular weight is 387 g/mol. The first-order chi connectivity index (χ1) is 12.7. The van der Waals surface area contributed by atoms with Gasteiger partial charge in [-0.2, -0.15) is 13.4 Å². The number of amides is 1. The van der Waals surface area contributed by atoms with Gasteiger partial charge in [-0.1, -0.05) is 23.9 Å². The number of carbonyl (C=O) groups is 1. The summed E-state index contributed by atoms with van der Waals surface area (Å²) in [6.07, 6.45) is 0. The Kier molecular flexibility index (Phi) is 4.54. The third-order valence-corrected chi connectivity index (χ3v) is 4.85. The summed E-state index contributed by atoms with van der Waals surface area (Å²) in [5.41, 5.74) is 2.47. The highest BCUT2D eigenvalue weighted by atomic mass is 32.2. The zero-order chi connectivity index (χ0) is 17.9. The molecule has 2 heterocycles. The fourth-order valence-electron chi connectivity index (χ4n) is 2.26. The fraction of sp³-hybridized carbons (Fsp3) is 0.0667. The molecule has 4 rings (SSSR count). The number of anilines is 1. The summed E-state index contributed by atoms with van der Waals surface area (Å²) in [4.78, 5) is 12.3. The molecule has 2 aromatic carbocycles. The van der Waals surface area contributed by atoms with Crippen molar-refractivity contribution >= 4 is 46.1 Å². The fourth-order valence-corrected chi connectivity index (χ4v) is 3.50. The van der Waals surface area contributed by atoms with E-state index >= 15 is 0 Å². The Morgan fingerprint density at radius 2 is 2.12 bits per heavy atom. The minimum absolute atomic E-state index is 0.0869. The van der Waals surface area contributed by atoms with Crippen molar-refractivity contribution in [3.8, 4) is 5.69 Å². The second-order valence-electron chi connectivity index (χ2n) is 5.13. The maximum absolute atomic E-state index is 13.4. The molecule has 26 heavy (non-hydrogen) atoms. The second kappa shape index (κ2) is 7.14. The van der Waals surface area contributed by atoms with E-state index in [2.05, 4.69) is 29.6 Å². The van der Waals surface area contributed by atoms with Gasteiger partial charge in [-0.25, -0.2) is 4.39 Å². The number of halogens is 1. The molecule has 2 aromatic heterocycles. The second-order valence-corrected chi connectivity index (χ2v) is 6.60. The molecule has 0 radical (unpaired) electrons. The van der Waals surface area contributed by atoms with Gasteiger partial charge in [-0.05, 0) is 40.8 Å². The number of hydrogen-bond acceptors (Lipinski definition) is 8. The zero-order valence-corrected chi connectivity index (χ0v) is 14.7. The molecule has 8 nitrogen and oxygen atoms in total. The van der Waals surface area contributed by atoms with Crippen molar-refractivity contribution in [2.75, 3.05) is 11.1 Å². The van der Waals surface area contributed by atoms with Crippen LogP contribution in [0.15, 0.2) is 47.6 Å². The number of nitrogens with zero attached hydrogens (tertiary/aromatic N) is 6. The van der Waals surface area contributed by atoms with Crippen LogP contribution < -0.4 is 5.32 Å². The lowest BCUT2D eigenvalue weighted by Gasteiger charge is -2.06. The van der Waals surface area contributed by atoms with Crippen molar-refractivity contribution in [3.63, 3.8) is 0 Å². The molecule has 0 aliphatic carbocycles. The van der Waals surface area contributed by atoms with Crippen LogP contribution in [0.5, 0.6) is 0 Å². The predicted octanol–water partition coefficient (Wildman–Crippen LogP) is 2.54. The van der Waals surface area contributed by atoms with E-state index in [1.54, 1.807) is 24.3 Å². The van der Waals surface area contributed by atoms with Gasteiger partial charge in [-0.15, -0.1) is 5.10 Å². The lowest BCUT2D eigenvalue weighted by atomic mass is 10.2. The van der Waals surface area contributed by atoms with Crippen molar-refractivity contribution in [2.24, 2.45) is 0 Å². The first kappa shape index (κ1) is 16.5. The minimum atomic E-state index is -0.392. The molecular weight excluding hydrogens is 377 g/mol.